The summed E-state index contributed by atoms with van der Waals surface area (Å²) >= 11 is 0. The number of aliphatic hydroxyl groups excluding tert-OH is 2. The predicted molar refractivity (Wildman–Crippen MR) is 151 cm³/mol. The minimum atomic E-state index is -1.29. The van der Waals surface area contributed by atoms with E-state index in [1.165, 1.54) is 0 Å². The van der Waals surface area contributed by atoms with Gasteiger partial charge < -0.3 is 31.4 Å². The Hall–Kier alpha value is -3.45. The lowest BCUT2D eigenvalue weighted by Gasteiger charge is -2.46. The van der Waals surface area contributed by atoms with Gasteiger partial charge in [-0.1, -0.05) is 0 Å². The number of hydroxylamine groups is 1. The number of hydrogen-bond acceptors (Lipinski definition) is 10. The molecule has 0 radical (unpaired) electrons. The van der Waals surface area contributed by atoms with Crippen LogP contribution in [0.3, 0.4) is 0 Å². The minimum Gasteiger partial charge on any atom is -0.510 e. The molecule has 3 aliphatic rings. The largest absolute Gasteiger partial charge is 0.510 e. The van der Waals surface area contributed by atoms with Gasteiger partial charge >= 0.3 is 0 Å². The average Bonchev–Trinajstić information content (AvgIpc) is 2.78. The van der Waals surface area contributed by atoms with Crippen LogP contribution in [0.5, 0.6) is 5.75 Å². The molecular weight excluding hydrogens is 520 g/mol. The number of carbonyl (C=O) groups is 3. The van der Waals surface area contributed by atoms with Gasteiger partial charge in [0.15, 0.2) is 11.6 Å². The summed E-state index contributed by atoms with van der Waals surface area (Å²) in [6.45, 7) is 5.77. The highest BCUT2D eigenvalue weighted by atomic mass is 16.7. The molecule has 4 rings (SSSR count). The van der Waals surface area contributed by atoms with Gasteiger partial charge in [0.2, 0.25) is 0 Å². The second-order valence-corrected chi connectivity index (χ2v) is 12.0. The molecule has 12 heteroatoms. The molecule has 0 aromatic heterocycles. The molecule has 1 saturated carbocycles. The zero-order valence-corrected chi connectivity index (χ0v) is 24.0. The summed E-state index contributed by atoms with van der Waals surface area (Å²) in [6, 6.07) is 1.04. The first-order chi connectivity index (χ1) is 18.1. The number of phenolic OH excluding ortho intramolecular Hbond substituents is 1. The number of likely N-dealkylation sites (N-methyl/N-ethyl adjacent to an activating group) is 1. The Labute approximate surface area is 234 Å². The van der Waals surface area contributed by atoms with E-state index in [0.717, 1.165) is 5.69 Å². The second-order valence-electron chi connectivity index (χ2n) is 12.0. The molecule has 8 N–H and O–H groups in total. The Kier molecular flexibility index (Phi) is 8.43. The van der Waals surface area contributed by atoms with Gasteiger partial charge in [0.1, 0.15) is 22.8 Å². The van der Waals surface area contributed by atoms with Gasteiger partial charge in [-0.05, 0) is 71.2 Å². The van der Waals surface area contributed by atoms with Gasteiger partial charge in [-0.15, -0.1) is 0 Å². The molecule has 2 unspecified atom stereocenters. The molecule has 1 aromatic rings. The molecule has 0 spiro atoms. The van der Waals surface area contributed by atoms with Crippen LogP contribution < -0.4 is 16.1 Å². The van der Waals surface area contributed by atoms with E-state index in [4.69, 9.17) is 10.6 Å². The third-order valence-corrected chi connectivity index (χ3v) is 7.74. The lowest BCUT2D eigenvalue weighted by Crippen LogP contribution is -2.55. The maximum absolute atomic E-state index is 13.9. The number of Topliss-reactive ketones (excluding diaryl/α,β-unsaturated/α-hetero) is 2. The topological polar surface area (TPSA) is 197 Å². The molecule has 3 aliphatic carbocycles. The number of phenols is 1. The molecule has 0 saturated heterocycles. The Morgan fingerprint density at radius 1 is 1.15 bits per heavy atom. The van der Waals surface area contributed by atoms with Crippen molar-refractivity contribution < 1.29 is 41.4 Å². The zero-order chi connectivity index (χ0) is 29.1. The standard InChI is InChI=1S/C28H38N4O7.H2O.H2/c1-28(2,3)39-30-11-13-10-16(31(4)5)14-8-12-9-15-19(24(35)17(12)23(34)18(14)22(13)33)25(36)20(27(29)38)26(37)21(15)32(6)7;;/h10,12,15,19,21,30,33-34,37H,8-9,11H2,1-7H3,(H2,29,38);1H2;1H/t12-,15?,19?,21+;;/m0../s1. The normalized spacial score (nSPS) is 24.4. The number of aliphatic hydroxyl groups is 2. The van der Waals surface area contributed by atoms with Crippen molar-refractivity contribution >= 4 is 28.9 Å². The van der Waals surface area contributed by atoms with Gasteiger partial charge in [0, 0.05) is 38.9 Å². The minimum absolute atomic E-state index is 0. The molecule has 1 amide bonds. The van der Waals surface area contributed by atoms with Crippen molar-refractivity contribution in [2.75, 3.05) is 33.1 Å². The van der Waals surface area contributed by atoms with Crippen LogP contribution in [0.1, 0.15) is 45.3 Å². The van der Waals surface area contributed by atoms with Crippen molar-refractivity contribution in [3.8, 4) is 5.75 Å². The van der Waals surface area contributed by atoms with Crippen LogP contribution in [0.25, 0.3) is 5.76 Å². The molecule has 0 aliphatic heterocycles. The van der Waals surface area contributed by atoms with E-state index in [1.807, 2.05) is 45.8 Å². The number of amides is 1. The number of aromatic hydroxyl groups is 1. The van der Waals surface area contributed by atoms with Gasteiger partial charge in [0.05, 0.1) is 23.1 Å². The van der Waals surface area contributed by atoms with Crippen molar-refractivity contribution in [1.29, 1.82) is 0 Å². The van der Waals surface area contributed by atoms with E-state index in [0.29, 0.717) is 24.0 Å². The maximum atomic E-state index is 13.9. The van der Waals surface area contributed by atoms with E-state index in [2.05, 4.69) is 5.48 Å². The number of allylic oxidation sites excluding steroid dienone is 1. The van der Waals surface area contributed by atoms with E-state index >= 15 is 0 Å². The molecule has 1 aromatic carbocycles. The van der Waals surface area contributed by atoms with E-state index in [9.17, 15) is 29.7 Å². The highest BCUT2D eigenvalue weighted by Gasteiger charge is 2.56. The van der Waals surface area contributed by atoms with E-state index in [-0.39, 0.29) is 36.1 Å². The first-order valence-electron chi connectivity index (χ1n) is 12.9. The number of carbonyl (C=O) groups excluding carboxylic acids is 3. The molecule has 4 atom stereocenters. The summed E-state index contributed by atoms with van der Waals surface area (Å²) in [5.74, 6) is -5.93. The number of nitrogens with two attached hydrogens (primary N) is 1. The summed E-state index contributed by atoms with van der Waals surface area (Å²) in [6.07, 6.45) is 0.634. The van der Waals surface area contributed by atoms with Gasteiger partial charge in [-0.2, -0.15) is 5.48 Å². The van der Waals surface area contributed by atoms with Gasteiger partial charge in [-0.3, -0.25) is 24.1 Å². The first kappa shape index (κ1) is 31.1. The average molecular weight is 563 g/mol. The van der Waals surface area contributed by atoms with E-state index < -0.39 is 58.2 Å². The molecular formula is C28H42N4O8. The quantitative estimate of drug-likeness (QED) is 0.190. The number of fused-ring (bicyclic) bond motifs is 3. The number of primary amides is 1. The fourth-order valence-corrected chi connectivity index (χ4v) is 6.23. The lowest BCUT2D eigenvalue weighted by molar-refractivity contribution is -0.136. The monoisotopic (exact) mass is 562 g/mol. The van der Waals surface area contributed by atoms with Crippen LogP contribution in [0.4, 0.5) is 5.69 Å². The van der Waals surface area contributed by atoms with Crippen molar-refractivity contribution in [1.82, 2.24) is 10.4 Å². The number of anilines is 1. The predicted octanol–water partition coefficient (Wildman–Crippen LogP) is 1.16. The van der Waals surface area contributed by atoms with Gasteiger partial charge in [-0.25, -0.2) is 0 Å². The van der Waals surface area contributed by atoms with Crippen LogP contribution in [-0.4, -0.2) is 83.0 Å². The third kappa shape index (κ3) is 5.07. The molecule has 40 heavy (non-hydrogen) atoms. The number of hydrogen-bond donors (Lipinski definition) is 5. The highest BCUT2D eigenvalue weighted by Crippen LogP contribution is 2.52. The van der Waals surface area contributed by atoms with E-state index in [1.54, 1.807) is 19.0 Å². The van der Waals surface area contributed by atoms with Crippen molar-refractivity contribution in [3.63, 3.8) is 0 Å². The van der Waals surface area contributed by atoms with Crippen LogP contribution in [-0.2, 0) is 32.2 Å². The first-order valence-corrected chi connectivity index (χ1v) is 12.9. The van der Waals surface area contributed by atoms with Crippen molar-refractivity contribution in [2.45, 2.75) is 51.8 Å². The third-order valence-electron chi connectivity index (χ3n) is 7.74. The van der Waals surface area contributed by atoms with Crippen LogP contribution >= 0.6 is 0 Å². The number of benzene rings is 1. The Balaban J connectivity index is 0.00000294. The van der Waals surface area contributed by atoms with Crippen molar-refractivity contribution in [3.05, 3.63) is 39.7 Å². The molecule has 12 nitrogen and oxygen atoms in total. The summed E-state index contributed by atoms with van der Waals surface area (Å²) in [5, 5.41) is 33.7. The number of ketones is 2. The smallest absolute Gasteiger partial charge is 0.255 e. The second kappa shape index (κ2) is 10.8. The summed E-state index contributed by atoms with van der Waals surface area (Å²) in [7, 11) is 7.09. The number of rotatable bonds is 6. The maximum Gasteiger partial charge on any atom is 0.255 e. The van der Waals surface area contributed by atoms with Gasteiger partial charge in [0.25, 0.3) is 5.91 Å². The molecule has 1 fully saturated rings. The lowest BCUT2D eigenvalue weighted by atomic mass is 9.59. The molecule has 222 valence electrons. The van der Waals surface area contributed by atoms with Crippen LogP contribution in [0.15, 0.2) is 23.0 Å². The SMILES string of the molecule is CN(C)c1cc(CNOC(C)(C)C)c(O)c2c1C[C@H]1CC3C(C(=O)C(C(N)=O)=C(O)[C@@H]3N(C)C)C(=O)C1=C2O.O.[HH]. The summed E-state index contributed by atoms with van der Waals surface area (Å²) in [5.41, 5.74) is 9.32. The molecule has 0 bridgehead atoms. The van der Waals surface area contributed by atoms with Crippen LogP contribution in [0, 0.1) is 17.8 Å². The van der Waals surface area contributed by atoms with Crippen molar-refractivity contribution in [2.24, 2.45) is 23.5 Å². The fraction of sp³-hybridized carbons (Fsp3) is 0.536. The summed E-state index contributed by atoms with van der Waals surface area (Å²) in [4.78, 5) is 48.5. The fourth-order valence-electron chi connectivity index (χ4n) is 6.23. The summed E-state index contributed by atoms with van der Waals surface area (Å²) < 4.78 is 0. The Morgan fingerprint density at radius 3 is 2.30 bits per heavy atom. The highest BCUT2D eigenvalue weighted by molar-refractivity contribution is 6.28. The Bertz CT molecular complexity index is 1310. The Morgan fingerprint density at radius 2 is 1.77 bits per heavy atom. The van der Waals surface area contributed by atoms with Crippen LogP contribution in [0.2, 0.25) is 0 Å². The molecule has 0 heterocycles. The number of nitrogens with one attached hydrogen (secondary N) is 1. The zero-order valence-electron chi connectivity index (χ0n) is 24.0. The number of nitrogens with zero attached hydrogens (tertiary/aromatic N) is 2.